The fraction of sp³-hybridized carbons (Fsp3) is 0.333. The maximum Gasteiger partial charge on any atom is 0.246 e. The zero-order chi connectivity index (χ0) is 21.7. The first kappa shape index (κ1) is 22.1. The number of sulfonamides is 1. The van der Waals surface area contributed by atoms with Crippen molar-refractivity contribution in [1.29, 1.82) is 5.26 Å². The van der Waals surface area contributed by atoms with E-state index in [0.29, 0.717) is 42.3 Å². The van der Waals surface area contributed by atoms with Crippen molar-refractivity contribution < 1.29 is 17.9 Å². The number of piperidine rings is 1. The van der Waals surface area contributed by atoms with Gasteiger partial charge in [0.15, 0.2) is 0 Å². The lowest BCUT2D eigenvalue weighted by Gasteiger charge is -2.31. The van der Waals surface area contributed by atoms with Gasteiger partial charge in [0.05, 0.1) is 24.2 Å². The van der Waals surface area contributed by atoms with Crippen LogP contribution in [0, 0.1) is 17.2 Å². The van der Waals surface area contributed by atoms with E-state index in [1.54, 1.807) is 37.3 Å². The van der Waals surface area contributed by atoms with Crippen LogP contribution in [0.5, 0.6) is 5.75 Å². The SMILES string of the molecule is CCOc1ccc(Cl)cc1S(=O)(=O)N1CCC[C@H](C(=O)Nc2cccc(C#N)c2)C1. The number of nitriles is 1. The molecule has 0 spiro atoms. The molecule has 1 N–H and O–H groups in total. The average Bonchev–Trinajstić information content (AvgIpc) is 2.75. The van der Waals surface area contributed by atoms with Crippen molar-refractivity contribution in [3.05, 3.63) is 53.1 Å². The summed E-state index contributed by atoms with van der Waals surface area (Å²) < 4.78 is 33.3. The molecular formula is C21H22ClN3O4S. The van der Waals surface area contributed by atoms with Crippen LogP contribution in [0.4, 0.5) is 5.69 Å². The molecule has 1 aliphatic heterocycles. The van der Waals surface area contributed by atoms with Crippen LogP contribution in [0.1, 0.15) is 25.3 Å². The minimum atomic E-state index is -3.89. The van der Waals surface area contributed by atoms with Crippen LogP contribution in [-0.4, -0.2) is 38.3 Å². The van der Waals surface area contributed by atoms with Crippen molar-refractivity contribution in [2.75, 3.05) is 25.0 Å². The zero-order valence-electron chi connectivity index (χ0n) is 16.5. The molecule has 0 aliphatic carbocycles. The summed E-state index contributed by atoms with van der Waals surface area (Å²) in [7, 11) is -3.89. The van der Waals surface area contributed by atoms with Crippen LogP contribution in [0.25, 0.3) is 0 Å². The van der Waals surface area contributed by atoms with Gasteiger partial charge in [-0.3, -0.25) is 4.79 Å². The summed E-state index contributed by atoms with van der Waals surface area (Å²) in [4.78, 5) is 12.7. The summed E-state index contributed by atoms with van der Waals surface area (Å²) in [5.41, 5.74) is 0.942. The molecule has 3 rings (SSSR count). The number of carbonyl (C=O) groups excluding carboxylic acids is 1. The van der Waals surface area contributed by atoms with Crippen LogP contribution in [0.15, 0.2) is 47.4 Å². The lowest BCUT2D eigenvalue weighted by atomic mass is 9.98. The Hall–Kier alpha value is -2.60. The molecule has 0 aromatic heterocycles. The molecule has 1 fully saturated rings. The molecule has 1 saturated heterocycles. The van der Waals surface area contributed by atoms with Crippen LogP contribution in [0.3, 0.4) is 0 Å². The second kappa shape index (κ2) is 9.47. The molecule has 1 heterocycles. The summed E-state index contributed by atoms with van der Waals surface area (Å²) in [6, 6.07) is 13.1. The Morgan fingerprint density at radius 1 is 1.33 bits per heavy atom. The molecule has 1 atom stereocenters. The van der Waals surface area contributed by atoms with Crippen LogP contribution in [-0.2, 0) is 14.8 Å². The smallest absolute Gasteiger partial charge is 0.246 e. The van der Waals surface area contributed by atoms with Gasteiger partial charge in [0.1, 0.15) is 10.6 Å². The van der Waals surface area contributed by atoms with E-state index in [9.17, 15) is 13.2 Å². The van der Waals surface area contributed by atoms with Crippen molar-refractivity contribution in [2.24, 2.45) is 5.92 Å². The number of halogens is 1. The van der Waals surface area contributed by atoms with Gasteiger partial charge in [-0.1, -0.05) is 17.7 Å². The summed E-state index contributed by atoms with van der Waals surface area (Å²) in [5, 5.41) is 12.1. The molecule has 2 aromatic rings. The van der Waals surface area contributed by atoms with E-state index in [1.165, 1.54) is 16.4 Å². The topological polar surface area (TPSA) is 99.5 Å². The number of nitrogens with zero attached hydrogens (tertiary/aromatic N) is 2. The van der Waals surface area contributed by atoms with Gasteiger partial charge in [0.2, 0.25) is 15.9 Å². The second-order valence-electron chi connectivity index (χ2n) is 6.91. The molecule has 0 saturated carbocycles. The highest BCUT2D eigenvalue weighted by Crippen LogP contribution is 2.32. The number of ether oxygens (including phenoxy) is 1. The zero-order valence-corrected chi connectivity index (χ0v) is 18.0. The Morgan fingerprint density at radius 2 is 2.13 bits per heavy atom. The summed E-state index contributed by atoms with van der Waals surface area (Å²) in [6.07, 6.45) is 1.13. The molecule has 9 heteroatoms. The normalized spacial score (nSPS) is 17.2. The van der Waals surface area contributed by atoms with Crippen molar-refractivity contribution >= 4 is 33.2 Å². The quantitative estimate of drug-likeness (QED) is 0.728. The van der Waals surface area contributed by atoms with Crippen molar-refractivity contribution in [2.45, 2.75) is 24.7 Å². The molecule has 2 aromatic carbocycles. The third-order valence-corrected chi connectivity index (χ3v) is 6.96. The Balaban J connectivity index is 1.79. The van der Waals surface area contributed by atoms with Gasteiger partial charge >= 0.3 is 0 Å². The highest BCUT2D eigenvalue weighted by Gasteiger charge is 2.35. The van der Waals surface area contributed by atoms with Crippen LogP contribution < -0.4 is 10.1 Å². The molecule has 7 nitrogen and oxygen atoms in total. The van der Waals surface area contributed by atoms with Gasteiger partial charge in [0, 0.05) is 23.8 Å². The van der Waals surface area contributed by atoms with E-state index in [2.05, 4.69) is 5.32 Å². The monoisotopic (exact) mass is 447 g/mol. The summed E-state index contributed by atoms with van der Waals surface area (Å²) in [6.45, 7) is 2.46. The predicted octanol–water partition coefficient (Wildman–Crippen LogP) is 3.65. The number of amides is 1. The molecule has 30 heavy (non-hydrogen) atoms. The van der Waals surface area contributed by atoms with Gasteiger partial charge in [-0.05, 0) is 56.2 Å². The van der Waals surface area contributed by atoms with Crippen molar-refractivity contribution in [3.8, 4) is 11.8 Å². The average molecular weight is 448 g/mol. The third-order valence-electron chi connectivity index (χ3n) is 4.84. The molecular weight excluding hydrogens is 426 g/mol. The standard InChI is InChI=1S/C21H22ClN3O4S/c1-2-29-19-9-8-17(22)12-20(19)30(27,28)25-10-4-6-16(14-25)21(26)24-18-7-3-5-15(11-18)13-23/h3,5,7-9,11-12,16H,2,4,6,10,14H2,1H3,(H,24,26)/t16-/m0/s1. The largest absolute Gasteiger partial charge is 0.492 e. The molecule has 1 aliphatic rings. The van der Waals surface area contributed by atoms with E-state index in [-0.39, 0.29) is 23.1 Å². The first-order valence-electron chi connectivity index (χ1n) is 9.58. The number of hydrogen-bond acceptors (Lipinski definition) is 5. The van der Waals surface area contributed by atoms with Crippen molar-refractivity contribution in [1.82, 2.24) is 4.31 Å². The lowest BCUT2D eigenvalue weighted by Crippen LogP contribution is -2.43. The van der Waals surface area contributed by atoms with E-state index >= 15 is 0 Å². The summed E-state index contributed by atoms with van der Waals surface area (Å²) in [5.74, 6) is -0.545. The molecule has 158 valence electrons. The highest BCUT2D eigenvalue weighted by atomic mass is 35.5. The Labute approximate surface area is 181 Å². The Bertz CT molecular complexity index is 1080. The van der Waals surface area contributed by atoms with Gasteiger partial charge in [-0.2, -0.15) is 9.57 Å². The minimum Gasteiger partial charge on any atom is -0.492 e. The Kier molecular flexibility index (Phi) is 6.98. The molecule has 0 bridgehead atoms. The number of carbonyl (C=O) groups is 1. The fourth-order valence-electron chi connectivity index (χ4n) is 3.38. The van der Waals surface area contributed by atoms with Gasteiger partial charge in [-0.15, -0.1) is 0 Å². The maximum absolute atomic E-state index is 13.3. The van der Waals surface area contributed by atoms with E-state index in [1.807, 2.05) is 6.07 Å². The first-order chi connectivity index (χ1) is 14.3. The highest BCUT2D eigenvalue weighted by molar-refractivity contribution is 7.89. The molecule has 0 unspecified atom stereocenters. The fourth-order valence-corrected chi connectivity index (χ4v) is 5.30. The van der Waals surface area contributed by atoms with Gasteiger partial charge < -0.3 is 10.1 Å². The van der Waals surface area contributed by atoms with Crippen LogP contribution >= 0.6 is 11.6 Å². The minimum absolute atomic E-state index is 0.000343. The maximum atomic E-state index is 13.3. The number of hydrogen-bond donors (Lipinski definition) is 1. The summed E-state index contributed by atoms with van der Waals surface area (Å²) >= 11 is 6.03. The predicted molar refractivity (Wildman–Crippen MR) is 114 cm³/mol. The van der Waals surface area contributed by atoms with E-state index in [0.717, 1.165) is 0 Å². The van der Waals surface area contributed by atoms with Crippen molar-refractivity contribution in [3.63, 3.8) is 0 Å². The van der Waals surface area contributed by atoms with Gasteiger partial charge in [-0.25, -0.2) is 8.42 Å². The van der Waals surface area contributed by atoms with Crippen LogP contribution in [0.2, 0.25) is 5.02 Å². The number of benzene rings is 2. The number of rotatable bonds is 6. The second-order valence-corrected chi connectivity index (χ2v) is 9.25. The first-order valence-corrected chi connectivity index (χ1v) is 11.4. The van der Waals surface area contributed by atoms with E-state index < -0.39 is 15.9 Å². The third kappa shape index (κ3) is 4.93. The number of anilines is 1. The number of nitrogens with one attached hydrogen (secondary N) is 1. The van der Waals surface area contributed by atoms with E-state index in [4.69, 9.17) is 21.6 Å². The molecule has 0 radical (unpaired) electrons. The molecule has 1 amide bonds. The van der Waals surface area contributed by atoms with Gasteiger partial charge in [0.25, 0.3) is 0 Å². The Morgan fingerprint density at radius 3 is 2.87 bits per heavy atom. The lowest BCUT2D eigenvalue weighted by molar-refractivity contribution is -0.120.